The quantitative estimate of drug-likeness (QED) is 0.527. The Morgan fingerprint density at radius 2 is 2.18 bits per heavy atom. The van der Waals surface area contributed by atoms with E-state index in [1.807, 2.05) is 20.8 Å². The van der Waals surface area contributed by atoms with Crippen molar-refractivity contribution in [3.8, 4) is 11.8 Å². The lowest BCUT2D eigenvalue weighted by Crippen LogP contribution is -2.40. The van der Waals surface area contributed by atoms with E-state index in [0.29, 0.717) is 0 Å². The maximum absolute atomic E-state index is 5.17. The van der Waals surface area contributed by atoms with Crippen molar-refractivity contribution >= 4 is 0 Å². The van der Waals surface area contributed by atoms with Crippen molar-refractivity contribution in [2.24, 2.45) is 0 Å². The molecular formula is C9H17NO. The van der Waals surface area contributed by atoms with Crippen LogP contribution in [0, 0.1) is 11.8 Å². The lowest BCUT2D eigenvalue weighted by Gasteiger charge is -2.18. The van der Waals surface area contributed by atoms with Crippen molar-refractivity contribution in [3.05, 3.63) is 0 Å². The van der Waals surface area contributed by atoms with Gasteiger partial charge in [0.15, 0.2) is 0 Å². The van der Waals surface area contributed by atoms with E-state index in [1.54, 1.807) is 0 Å². The first-order valence-electron chi connectivity index (χ1n) is 4.17. The van der Waals surface area contributed by atoms with Gasteiger partial charge in [0.25, 0.3) is 0 Å². The summed E-state index contributed by atoms with van der Waals surface area (Å²) in [4.78, 5) is 0. The Bertz CT molecular complexity index is 128. The van der Waals surface area contributed by atoms with E-state index in [1.165, 1.54) is 0 Å². The molecule has 1 saturated heterocycles. The van der Waals surface area contributed by atoms with Gasteiger partial charge >= 0.3 is 0 Å². The fourth-order valence-corrected chi connectivity index (χ4v) is 0.832. The molecule has 0 radical (unpaired) electrons. The Balaban J connectivity index is 0.000000461. The molecule has 0 amide bonds. The average Bonchev–Trinajstić information content (AvgIpc) is 2.11. The Morgan fingerprint density at radius 3 is 2.64 bits per heavy atom. The maximum atomic E-state index is 5.17. The molecule has 0 aromatic rings. The average molecular weight is 155 g/mol. The van der Waals surface area contributed by atoms with E-state index in [9.17, 15) is 0 Å². The van der Waals surface area contributed by atoms with Crippen molar-refractivity contribution in [1.29, 1.82) is 0 Å². The minimum atomic E-state index is 0.267. The number of hydrogen-bond donors (Lipinski definition) is 1. The van der Waals surface area contributed by atoms with Crippen molar-refractivity contribution in [1.82, 2.24) is 5.32 Å². The minimum absolute atomic E-state index is 0.267. The molecule has 1 atom stereocenters. The summed E-state index contributed by atoms with van der Waals surface area (Å²) in [5.41, 5.74) is 0. The fourth-order valence-electron chi connectivity index (χ4n) is 0.832. The Hall–Kier alpha value is -0.520. The van der Waals surface area contributed by atoms with Gasteiger partial charge in [0.2, 0.25) is 0 Å². The predicted molar refractivity (Wildman–Crippen MR) is 47.4 cm³/mol. The summed E-state index contributed by atoms with van der Waals surface area (Å²) in [6.45, 7) is 8.33. The first kappa shape index (κ1) is 10.5. The normalized spacial score (nSPS) is 22.3. The number of morpholine rings is 1. The molecule has 0 bridgehead atoms. The van der Waals surface area contributed by atoms with Gasteiger partial charge < -0.3 is 4.74 Å². The zero-order valence-corrected chi connectivity index (χ0v) is 7.61. The molecule has 1 N–H and O–H groups in total. The standard InChI is InChI=1S/C7H11NO.C2H6/c1-2-3-7-6-9-5-4-8-7;1-2/h7-8H,4-6H2,1H3;1-2H3. The molecule has 0 spiro atoms. The first-order valence-corrected chi connectivity index (χ1v) is 4.17. The van der Waals surface area contributed by atoms with E-state index in [4.69, 9.17) is 4.74 Å². The second-order valence-corrected chi connectivity index (χ2v) is 1.98. The summed E-state index contributed by atoms with van der Waals surface area (Å²) in [6.07, 6.45) is 0. The van der Waals surface area contributed by atoms with Crippen LogP contribution in [0.15, 0.2) is 0 Å². The zero-order chi connectivity index (χ0) is 8.53. The van der Waals surface area contributed by atoms with E-state index in [-0.39, 0.29) is 6.04 Å². The molecule has 2 nitrogen and oxygen atoms in total. The molecule has 11 heavy (non-hydrogen) atoms. The van der Waals surface area contributed by atoms with Crippen molar-refractivity contribution < 1.29 is 4.74 Å². The van der Waals surface area contributed by atoms with Crippen LogP contribution in [0.4, 0.5) is 0 Å². The highest BCUT2D eigenvalue weighted by molar-refractivity contribution is 5.06. The number of rotatable bonds is 0. The van der Waals surface area contributed by atoms with Gasteiger partial charge in [0.05, 0.1) is 19.3 Å². The van der Waals surface area contributed by atoms with Crippen LogP contribution in [0.5, 0.6) is 0 Å². The first-order chi connectivity index (χ1) is 5.43. The highest BCUT2D eigenvalue weighted by Gasteiger charge is 2.07. The molecule has 1 unspecified atom stereocenters. The molecule has 0 aromatic heterocycles. The summed E-state index contributed by atoms with van der Waals surface area (Å²) in [7, 11) is 0. The smallest absolute Gasteiger partial charge is 0.0927 e. The second kappa shape index (κ2) is 7.59. The van der Waals surface area contributed by atoms with Gasteiger partial charge in [-0.25, -0.2) is 0 Å². The Morgan fingerprint density at radius 1 is 1.45 bits per heavy atom. The summed E-state index contributed by atoms with van der Waals surface area (Å²) in [6, 6.07) is 0.267. The van der Waals surface area contributed by atoms with E-state index in [2.05, 4.69) is 17.2 Å². The van der Waals surface area contributed by atoms with Crippen LogP contribution in [-0.4, -0.2) is 25.8 Å². The number of hydrogen-bond acceptors (Lipinski definition) is 2. The maximum Gasteiger partial charge on any atom is 0.0927 e. The molecule has 0 saturated carbocycles. The van der Waals surface area contributed by atoms with Gasteiger partial charge in [-0.3, -0.25) is 5.32 Å². The van der Waals surface area contributed by atoms with Crippen LogP contribution in [0.2, 0.25) is 0 Å². The van der Waals surface area contributed by atoms with Crippen molar-refractivity contribution in [2.75, 3.05) is 19.8 Å². The molecule has 0 aliphatic carbocycles. The highest BCUT2D eigenvalue weighted by Crippen LogP contribution is 1.89. The Labute approximate surface area is 69.3 Å². The van der Waals surface area contributed by atoms with E-state index >= 15 is 0 Å². The zero-order valence-electron chi connectivity index (χ0n) is 7.61. The molecule has 1 fully saturated rings. The number of ether oxygens (including phenoxy) is 1. The largest absolute Gasteiger partial charge is 0.377 e. The predicted octanol–water partition coefficient (Wildman–Crippen LogP) is 1.02. The van der Waals surface area contributed by atoms with Crippen molar-refractivity contribution in [2.45, 2.75) is 26.8 Å². The van der Waals surface area contributed by atoms with Crippen LogP contribution in [0.3, 0.4) is 0 Å². The lowest BCUT2D eigenvalue weighted by atomic mass is 10.3. The SMILES string of the molecule is CC.CC#CC1COCCN1. The van der Waals surface area contributed by atoms with Crippen LogP contribution in [0.25, 0.3) is 0 Å². The van der Waals surface area contributed by atoms with Gasteiger partial charge in [-0.15, -0.1) is 5.92 Å². The minimum Gasteiger partial charge on any atom is -0.377 e. The molecule has 1 rings (SSSR count). The van der Waals surface area contributed by atoms with E-state index < -0.39 is 0 Å². The summed E-state index contributed by atoms with van der Waals surface area (Å²) in [5.74, 6) is 5.84. The van der Waals surface area contributed by atoms with Gasteiger partial charge in [-0.1, -0.05) is 19.8 Å². The van der Waals surface area contributed by atoms with E-state index in [0.717, 1.165) is 19.8 Å². The van der Waals surface area contributed by atoms with Crippen LogP contribution < -0.4 is 5.32 Å². The summed E-state index contributed by atoms with van der Waals surface area (Å²) < 4.78 is 5.17. The van der Waals surface area contributed by atoms with Gasteiger partial charge in [0.1, 0.15) is 0 Å². The van der Waals surface area contributed by atoms with Gasteiger partial charge in [-0.05, 0) is 6.92 Å². The van der Waals surface area contributed by atoms with Crippen LogP contribution >= 0.6 is 0 Å². The third-order valence-electron chi connectivity index (χ3n) is 1.24. The monoisotopic (exact) mass is 155 g/mol. The van der Waals surface area contributed by atoms with Gasteiger partial charge in [0, 0.05) is 6.54 Å². The topological polar surface area (TPSA) is 21.3 Å². The third kappa shape index (κ3) is 4.83. The number of nitrogens with one attached hydrogen (secondary N) is 1. The molecule has 1 aliphatic heterocycles. The second-order valence-electron chi connectivity index (χ2n) is 1.98. The molecule has 64 valence electrons. The third-order valence-corrected chi connectivity index (χ3v) is 1.24. The van der Waals surface area contributed by atoms with Crippen LogP contribution in [0.1, 0.15) is 20.8 Å². The summed E-state index contributed by atoms with van der Waals surface area (Å²) >= 11 is 0. The molecule has 1 heterocycles. The van der Waals surface area contributed by atoms with Crippen LogP contribution in [-0.2, 0) is 4.74 Å². The molecule has 0 aromatic carbocycles. The lowest BCUT2D eigenvalue weighted by molar-refractivity contribution is 0.0925. The van der Waals surface area contributed by atoms with Gasteiger partial charge in [-0.2, -0.15) is 0 Å². The highest BCUT2D eigenvalue weighted by atomic mass is 16.5. The molecule has 2 heteroatoms. The fraction of sp³-hybridized carbons (Fsp3) is 0.778. The van der Waals surface area contributed by atoms with Crippen molar-refractivity contribution in [3.63, 3.8) is 0 Å². The molecular weight excluding hydrogens is 138 g/mol. The summed E-state index contributed by atoms with van der Waals surface area (Å²) in [5, 5.41) is 3.22. The Kier molecular flexibility index (Phi) is 7.23. The molecule has 1 aliphatic rings.